The highest BCUT2D eigenvalue weighted by atomic mass is 16.4. The molecular weight excluding hydrogens is 340 g/mol. The number of carbonyl (C=O) groups excluding carboxylic acids is 1. The van der Waals surface area contributed by atoms with Crippen LogP contribution >= 0.6 is 0 Å². The molecule has 0 aromatic heterocycles. The minimum absolute atomic E-state index is 0.0612. The average Bonchev–Trinajstić information content (AvgIpc) is 3.05. The van der Waals surface area contributed by atoms with Crippen LogP contribution in [-0.4, -0.2) is 41.6 Å². The van der Waals surface area contributed by atoms with E-state index >= 15 is 0 Å². The lowest BCUT2D eigenvalue weighted by Crippen LogP contribution is -2.31. The first-order valence-electron chi connectivity index (χ1n) is 9.44. The van der Waals surface area contributed by atoms with Gasteiger partial charge in [-0.05, 0) is 34.2 Å². The van der Waals surface area contributed by atoms with Crippen LogP contribution in [0, 0.1) is 5.92 Å². The van der Waals surface area contributed by atoms with Crippen LogP contribution in [0.4, 0.5) is 4.79 Å². The number of amides is 2. The molecule has 2 aromatic rings. The fourth-order valence-corrected chi connectivity index (χ4v) is 4.24. The zero-order valence-corrected chi connectivity index (χ0v) is 15.6. The van der Waals surface area contributed by atoms with Gasteiger partial charge in [0.25, 0.3) is 5.91 Å². The Bertz CT molecular complexity index is 906. The van der Waals surface area contributed by atoms with Crippen molar-refractivity contribution >= 4 is 12.0 Å². The molecule has 0 spiro atoms. The highest BCUT2D eigenvalue weighted by Gasteiger charge is 2.39. The molecule has 27 heavy (non-hydrogen) atoms. The SMILES string of the molecule is CC(C)c1cccc(-c2ccc3c(c2)C(=O)NCC2CN(C(=O)O)CC32)c1. The molecule has 1 saturated heterocycles. The monoisotopic (exact) mass is 364 g/mol. The van der Waals surface area contributed by atoms with Crippen LogP contribution in [-0.2, 0) is 0 Å². The van der Waals surface area contributed by atoms with E-state index in [9.17, 15) is 14.7 Å². The van der Waals surface area contributed by atoms with Crippen LogP contribution < -0.4 is 5.32 Å². The first-order chi connectivity index (χ1) is 12.9. The number of likely N-dealkylation sites (tertiary alicyclic amines) is 1. The maximum atomic E-state index is 12.7. The topological polar surface area (TPSA) is 69.6 Å². The van der Waals surface area contributed by atoms with Gasteiger partial charge in [0.2, 0.25) is 0 Å². The van der Waals surface area contributed by atoms with E-state index in [2.05, 4.69) is 43.4 Å². The van der Waals surface area contributed by atoms with Crippen LogP contribution in [0.15, 0.2) is 42.5 Å². The van der Waals surface area contributed by atoms with E-state index in [1.165, 1.54) is 10.5 Å². The molecule has 2 N–H and O–H groups in total. The van der Waals surface area contributed by atoms with Crippen LogP contribution in [0.2, 0.25) is 0 Å². The van der Waals surface area contributed by atoms with Crippen molar-refractivity contribution in [2.75, 3.05) is 19.6 Å². The molecule has 0 bridgehead atoms. The second kappa shape index (κ2) is 6.72. The smallest absolute Gasteiger partial charge is 0.407 e. The van der Waals surface area contributed by atoms with Gasteiger partial charge >= 0.3 is 6.09 Å². The summed E-state index contributed by atoms with van der Waals surface area (Å²) in [4.78, 5) is 25.5. The standard InChI is InChI=1S/C22H24N2O3/c1-13(2)14-4-3-5-15(8-14)16-6-7-18-19(9-16)21(25)23-10-17-11-24(22(26)27)12-20(17)18/h3-9,13,17,20H,10-12H2,1-2H3,(H,23,25)(H,26,27). The van der Waals surface area contributed by atoms with Gasteiger partial charge in [0.1, 0.15) is 0 Å². The molecule has 4 rings (SSSR count). The average molecular weight is 364 g/mol. The fraction of sp³-hybridized carbons (Fsp3) is 0.364. The molecule has 2 amide bonds. The van der Waals surface area contributed by atoms with Gasteiger partial charge in [-0.2, -0.15) is 0 Å². The molecule has 0 aliphatic carbocycles. The van der Waals surface area contributed by atoms with Gasteiger partial charge in [0.05, 0.1) is 0 Å². The largest absolute Gasteiger partial charge is 0.465 e. The molecule has 0 radical (unpaired) electrons. The van der Waals surface area contributed by atoms with Gasteiger partial charge in [-0.1, -0.05) is 50.2 Å². The molecule has 2 heterocycles. The van der Waals surface area contributed by atoms with Crippen molar-refractivity contribution < 1.29 is 14.7 Å². The number of fused-ring (bicyclic) bond motifs is 3. The summed E-state index contributed by atoms with van der Waals surface area (Å²) in [6.45, 7) is 5.76. The van der Waals surface area contributed by atoms with Crippen LogP contribution in [0.25, 0.3) is 11.1 Å². The third kappa shape index (κ3) is 3.18. The summed E-state index contributed by atoms with van der Waals surface area (Å²) < 4.78 is 0. The van der Waals surface area contributed by atoms with E-state index in [4.69, 9.17) is 0 Å². The van der Waals surface area contributed by atoms with Crippen molar-refractivity contribution in [3.63, 3.8) is 0 Å². The lowest BCUT2D eigenvalue weighted by molar-refractivity contribution is 0.0951. The number of nitrogens with zero attached hydrogens (tertiary/aromatic N) is 1. The minimum atomic E-state index is -0.891. The van der Waals surface area contributed by atoms with E-state index in [0.717, 1.165) is 16.7 Å². The van der Waals surface area contributed by atoms with Gasteiger partial charge in [-0.25, -0.2) is 4.79 Å². The molecule has 2 atom stereocenters. The van der Waals surface area contributed by atoms with Crippen LogP contribution in [0.1, 0.15) is 47.2 Å². The Balaban J connectivity index is 1.74. The van der Waals surface area contributed by atoms with E-state index in [1.54, 1.807) is 0 Å². The third-order valence-electron chi connectivity index (χ3n) is 5.82. The quantitative estimate of drug-likeness (QED) is 0.849. The van der Waals surface area contributed by atoms with Gasteiger partial charge in [0, 0.05) is 37.0 Å². The van der Waals surface area contributed by atoms with E-state index in [0.29, 0.717) is 31.1 Å². The molecule has 0 saturated carbocycles. The van der Waals surface area contributed by atoms with Crippen molar-refractivity contribution in [1.82, 2.24) is 10.2 Å². The Morgan fingerprint density at radius 1 is 1.15 bits per heavy atom. The van der Waals surface area contributed by atoms with Crippen molar-refractivity contribution in [2.45, 2.75) is 25.7 Å². The predicted molar refractivity (Wildman–Crippen MR) is 104 cm³/mol. The summed E-state index contributed by atoms with van der Waals surface area (Å²) in [6, 6.07) is 14.4. The summed E-state index contributed by atoms with van der Waals surface area (Å²) in [5.74, 6) is 0.561. The van der Waals surface area contributed by atoms with Crippen LogP contribution in [0.5, 0.6) is 0 Å². The third-order valence-corrected chi connectivity index (χ3v) is 5.82. The van der Waals surface area contributed by atoms with Crippen molar-refractivity contribution in [3.05, 3.63) is 59.2 Å². The summed E-state index contributed by atoms with van der Waals surface area (Å²) >= 11 is 0. The van der Waals surface area contributed by atoms with Gasteiger partial charge < -0.3 is 15.3 Å². The highest BCUT2D eigenvalue weighted by Crippen LogP contribution is 2.37. The number of nitrogens with one attached hydrogen (secondary N) is 1. The summed E-state index contributed by atoms with van der Waals surface area (Å²) in [5.41, 5.74) is 5.00. The number of rotatable bonds is 2. The summed E-state index contributed by atoms with van der Waals surface area (Å²) in [5, 5.41) is 12.3. The Morgan fingerprint density at radius 3 is 2.67 bits per heavy atom. The Hall–Kier alpha value is -2.82. The van der Waals surface area contributed by atoms with Gasteiger partial charge in [0.15, 0.2) is 0 Å². The minimum Gasteiger partial charge on any atom is -0.465 e. The number of carboxylic acid groups (broad SMARTS) is 1. The maximum absolute atomic E-state index is 12.7. The molecule has 140 valence electrons. The molecule has 2 aliphatic heterocycles. The molecule has 2 aromatic carbocycles. The van der Waals surface area contributed by atoms with Crippen molar-refractivity contribution in [2.24, 2.45) is 5.92 Å². The molecular formula is C22H24N2O3. The van der Waals surface area contributed by atoms with Crippen molar-refractivity contribution in [3.8, 4) is 11.1 Å². The lowest BCUT2D eigenvalue weighted by Gasteiger charge is -2.17. The first-order valence-corrected chi connectivity index (χ1v) is 9.44. The Morgan fingerprint density at radius 2 is 1.93 bits per heavy atom. The summed E-state index contributed by atoms with van der Waals surface area (Å²) in [7, 11) is 0. The number of carbonyl (C=O) groups is 2. The van der Waals surface area contributed by atoms with E-state index in [-0.39, 0.29) is 17.7 Å². The molecule has 1 fully saturated rings. The molecule has 5 heteroatoms. The van der Waals surface area contributed by atoms with Gasteiger partial charge in [-0.3, -0.25) is 4.79 Å². The second-order valence-corrected chi connectivity index (χ2v) is 7.85. The van der Waals surface area contributed by atoms with Crippen LogP contribution in [0.3, 0.4) is 0 Å². The van der Waals surface area contributed by atoms with E-state index < -0.39 is 6.09 Å². The Kier molecular flexibility index (Phi) is 4.38. The molecule has 2 aliphatic rings. The number of benzene rings is 2. The Labute approximate surface area is 159 Å². The zero-order valence-electron chi connectivity index (χ0n) is 15.6. The molecule has 2 unspecified atom stereocenters. The highest BCUT2D eigenvalue weighted by molar-refractivity contribution is 5.97. The van der Waals surface area contributed by atoms with Crippen molar-refractivity contribution in [1.29, 1.82) is 0 Å². The van der Waals surface area contributed by atoms with Gasteiger partial charge in [-0.15, -0.1) is 0 Å². The zero-order chi connectivity index (χ0) is 19.1. The fourth-order valence-electron chi connectivity index (χ4n) is 4.24. The summed E-state index contributed by atoms with van der Waals surface area (Å²) in [6.07, 6.45) is -0.891. The van der Waals surface area contributed by atoms with E-state index in [1.807, 2.05) is 18.2 Å². The number of hydrogen-bond acceptors (Lipinski definition) is 2. The first kappa shape index (κ1) is 17.6. The lowest BCUT2D eigenvalue weighted by atomic mass is 9.86. The predicted octanol–water partition coefficient (Wildman–Crippen LogP) is 3.91. The molecule has 5 nitrogen and oxygen atoms in total. The second-order valence-electron chi connectivity index (χ2n) is 7.85. The normalized spacial score (nSPS) is 21.4. The number of hydrogen-bond donors (Lipinski definition) is 2. The maximum Gasteiger partial charge on any atom is 0.407 e.